The summed E-state index contributed by atoms with van der Waals surface area (Å²) in [7, 11) is 2.41. The van der Waals surface area contributed by atoms with Gasteiger partial charge in [0.1, 0.15) is 5.75 Å². The van der Waals surface area contributed by atoms with Crippen molar-refractivity contribution in [3.05, 3.63) is 29.3 Å². The van der Waals surface area contributed by atoms with E-state index in [4.69, 9.17) is 15.4 Å². The first-order chi connectivity index (χ1) is 7.35. The smallest absolute Gasteiger partial charge is 0.264 e. The van der Waals surface area contributed by atoms with Crippen LogP contribution in [0.15, 0.2) is 18.2 Å². The Morgan fingerprint density at radius 1 is 1.44 bits per heavy atom. The molecule has 0 aliphatic carbocycles. The first kappa shape index (κ1) is 13.2. The molecule has 0 fully saturated rings. The van der Waals surface area contributed by atoms with Crippen molar-refractivity contribution < 1.29 is 21.9 Å². The van der Waals surface area contributed by atoms with Crippen LogP contribution < -0.4 is 4.74 Å². The molecule has 1 rings (SSSR count). The second kappa shape index (κ2) is 4.97. The summed E-state index contributed by atoms with van der Waals surface area (Å²) in [4.78, 5) is 0. The zero-order valence-corrected chi connectivity index (χ0v) is 9.86. The molecule has 1 aromatic carbocycles. The molecule has 0 bridgehead atoms. The fourth-order valence-corrected chi connectivity index (χ4v) is 2.29. The maximum atomic E-state index is 12.6. The van der Waals surface area contributed by atoms with Crippen LogP contribution in [-0.4, -0.2) is 15.5 Å². The molecule has 0 N–H and O–H groups in total. The Hall–Kier alpha value is -0.880. The number of hydrogen-bond donors (Lipinski definition) is 0. The molecule has 0 saturated carbocycles. The van der Waals surface area contributed by atoms with Crippen LogP contribution >= 0.6 is 10.7 Å². The molecule has 16 heavy (non-hydrogen) atoms. The third-order valence-electron chi connectivity index (χ3n) is 1.94. The molecule has 0 atom stereocenters. The fraction of sp³-hybridized carbons (Fsp3) is 0.333. The number of halogens is 3. The van der Waals surface area contributed by atoms with Crippen molar-refractivity contribution in [2.24, 2.45) is 0 Å². The van der Waals surface area contributed by atoms with E-state index in [1.807, 2.05) is 0 Å². The highest BCUT2D eigenvalue weighted by Gasteiger charge is 2.20. The number of ether oxygens (including phenoxy) is 1. The normalized spacial score (nSPS) is 11.8. The van der Waals surface area contributed by atoms with Gasteiger partial charge in [-0.25, -0.2) is 17.2 Å². The van der Waals surface area contributed by atoms with Crippen LogP contribution in [-0.2, 0) is 14.8 Å². The standard InChI is InChI=1S/C9H9ClF2O3S/c1-15-8-4-2-3-6(9(11)12)7(8)5-16(10,13)14/h2-4,9H,5H2,1H3. The predicted octanol–water partition coefficient (Wildman–Crippen LogP) is 2.70. The zero-order chi connectivity index (χ0) is 12.3. The average Bonchev–Trinajstić information content (AvgIpc) is 2.15. The van der Waals surface area contributed by atoms with E-state index in [1.54, 1.807) is 0 Å². The molecule has 7 heteroatoms. The maximum Gasteiger partial charge on any atom is 0.264 e. The van der Waals surface area contributed by atoms with Gasteiger partial charge in [0, 0.05) is 21.8 Å². The van der Waals surface area contributed by atoms with E-state index in [9.17, 15) is 17.2 Å². The van der Waals surface area contributed by atoms with Gasteiger partial charge in [0.05, 0.1) is 12.9 Å². The Kier molecular flexibility index (Phi) is 4.09. The number of hydrogen-bond acceptors (Lipinski definition) is 3. The van der Waals surface area contributed by atoms with Crippen LogP contribution in [0.5, 0.6) is 5.75 Å². The summed E-state index contributed by atoms with van der Waals surface area (Å²) in [6.07, 6.45) is -2.77. The highest BCUT2D eigenvalue weighted by molar-refractivity contribution is 8.13. The van der Waals surface area contributed by atoms with Gasteiger partial charge in [-0.2, -0.15) is 0 Å². The topological polar surface area (TPSA) is 43.4 Å². The molecule has 0 amide bonds. The van der Waals surface area contributed by atoms with Gasteiger partial charge in [0.15, 0.2) is 0 Å². The molecule has 0 aliphatic rings. The van der Waals surface area contributed by atoms with Crippen LogP contribution in [0.4, 0.5) is 8.78 Å². The van der Waals surface area contributed by atoms with Crippen molar-refractivity contribution in [3.8, 4) is 5.75 Å². The van der Waals surface area contributed by atoms with E-state index in [0.717, 1.165) is 6.07 Å². The summed E-state index contributed by atoms with van der Waals surface area (Å²) in [5.41, 5.74) is -0.487. The van der Waals surface area contributed by atoms with Crippen molar-refractivity contribution >= 4 is 19.7 Å². The Balaban J connectivity index is 3.30. The Morgan fingerprint density at radius 3 is 2.50 bits per heavy atom. The molecule has 0 radical (unpaired) electrons. The van der Waals surface area contributed by atoms with Gasteiger partial charge in [0.25, 0.3) is 6.43 Å². The van der Waals surface area contributed by atoms with Gasteiger partial charge in [-0.1, -0.05) is 12.1 Å². The van der Waals surface area contributed by atoms with E-state index < -0.39 is 21.2 Å². The lowest BCUT2D eigenvalue weighted by Crippen LogP contribution is -2.03. The number of benzene rings is 1. The van der Waals surface area contributed by atoms with Gasteiger partial charge in [-0.3, -0.25) is 0 Å². The Bertz CT molecular complexity index is 474. The van der Waals surface area contributed by atoms with Crippen LogP contribution in [0.2, 0.25) is 0 Å². The van der Waals surface area contributed by atoms with Crippen molar-refractivity contribution in [1.82, 2.24) is 0 Å². The quantitative estimate of drug-likeness (QED) is 0.790. The fourth-order valence-electron chi connectivity index (χ4n) is 1.31. The molecule has 90 valence electrons. The third kappa shape index (κ3) is 3.31. The zero-order valence-electron chi connectivity index (χ0n) is 8.28. The minimum Gasteiger partial charge on any atom is -0.496 e. The second-order valence-electron chi connectivity index (χ2n) is 3.01. The Labute approximate surface area is 96.4 Å². The number of alkyl halides is 2. The minimum absolute atomic E-state index is 0.0852. The molecular formula is C9H9ClF2O3S. The highest BCUT2D eigenvalue weighted by atomic mass is 35.7. The van der Waals surface area contributed by atoms with Crippen LogP contribution in [0.1, 0.15) is 17.6 Å². The first-order valence-electron chi connectivity index (χ1n) is 4.21. The molecule has 0 spiro atoms. The van der Waals surface area contributed by atoms with Crippen LogP contribution in [0, 0.1) is 0 Å². The first-order valence-corrected chi connectivity index (χ1v) is 6.69. The van der Waals surface area contributed by atoms with Crippen LogP contribution in [0.3, 0.4) is 0 Å². The summed E-state index contributed by atoms with van der Waals surface area (Å²) in [6, 6.07) is 3.92. The summed E-state index contributed by atoms with van der Waals surface area (Å²) in [5.74, 6) is -0.597. The largest absolute Gasteiger partial charge is 0.496 e. The molecule has 0 aromatic heterocycles. The molecule has 0 saturated heterocycles. The minimum atomic E-state index is -3.91. The van der Waals surface area contributed by atoms with Gasteiger partial charge < -0.3 is 4.74 Å². The van der Waals surface area contributed by atoms with Crippen molar-refractivity contribution in [2.45, 2.75) is 12.2 Å². The summed E-state index contributed by atoms with van der Waals surface area (Å²) in [5, 5.41) is 0. The summed E-state index contributed by atoms with van der Waals surface area (Å²) in [6.45, 7) is 0. The lowest BCUT2D eigenvalue weighted by Gasteiger charge is -2.11. The molecule has 0 unspecified atom stereocenters. The second-order valence-corrected chi connectivity index (χ2v) is 5.79. The van der Waals surface area contributed by atoms with Gasteiger partial charge >= 0.3 is 0 Å². The van der Waals surface area contributed by atoms with Gasteiger partial charge in [-0.05, 0) is 6.07 Å². The SMILES string of the molecule is COc1cccc(C(F)F)c1CS(=O)(=O)Cl. The monoisotopic (exact) mass is 270 g/mol. The van der Waals surface area contributed by atoms with E-state index in [0.29, 0.717) is 0 Å². The van der Waals surface area contributed by atoms with E-state index in [-0.39, 0.29) is 16.9 Å². The number of methoxy groups -OCH3 is 1. The summed E-state index contributed by atoms with van der Waals surface area (Å²) >= 11 is 0. The predicted molar refractivity (Wildman–Crippen MR) is 56.4 cm³/mol. The molecule has 0 heterocycles. The van der Waals surface area contributed by atoms with E-state index in [2.05, 4.69) is 0 Å². The van der Waals surface area contributed by atoms with Crippen molar-refractivity contribution in [1.29, 1.82) is 0 Å². The van der Waals surface area contributed by atoms with E-state index >= 15 is 0 Å². The van der Waals surface area contributed by atoms with E-state index in [1.165, 1.54) is 19.2 Å². The molecule has 1 aromatic rings. The maximum absolute atomic E-state index is 12.6. The molecule has 0 aliphatic heterocycles. The van der Waals surface area contributed by atoms with Crippen molar-refractivity contribution in [3.63, 3.8) is 0 Å². The highest BCUT2D eigenvalue weighted by Crippen LogP contribution is 2.31. The lowest BCUT2D eigenvalue weighted by atomic mass is 10.1. The third-order valence-corrected chi connectivity index (χ3v) is 2.90. The van der Waals surface area contributed by atoms with Gasteiger partial charge in [-0.15, -0.1) is 0 Å². The average molecular weight is 271 g/mol. The van der Waals surface area contributed by atoms with Gasteiger partial charge in [0.2, 0.25) is 9.05 Å². The number of rotatable bonds is 4. The Morgan fingerprint density at radius 2 is 2.06 bits per heavy atom. The molecular weight excluding hydrogens is 262 g/mol. The van der Waals surface area contributed by atoms with Crippen LogP contribution in [0.25, 0.3) is 0 Å². The lowest BCUT2D eigenvalue weighted by molar-refractivity contribution is 0.150. The molecule has 3 nitrogen and oxygen atoms in total. The van der Waals surface area contributed by atoms with Crippen molar-refractivity contribution in [2.75, 3.05) is 7.11 Å². The summed E-state index contributed by atoms with van der Waals surface area (Å²) < 4.78 is 51.9.